The van der Waals surface area contributed by atoms with Gasteiger partial charge in [0, 0.05) is 23.9 Å². The quantitative estimate of drug-likeness (QED) is 0.0709. The van der Waals surface area contributed by atoms with E-state index >= 15 is 13.2 Å². The lowest BCUT2D eigenvalue weighted by molar-refractivity contribution is -0.0275. The number of ether oxygens (including phenoxy) is 3. The van der Waals surface area contributed by atoms with Crippen molar-refractivity contribution < 1.29 is 31.8 Å². The van der Waals surface area contributed by atoms with Gasteiger partial charge in [0.15, 0.2) is 5.82 Å². The molecule has 0 bridgehead atoms. The predicted octanol–water partition coefficient (Wildman–Crippen LogP) is 14.1. The number of hydrogen-bond donors (Lipinski definition) is 0. The van der Waals surface area contributed by atoms with Crippen LogP contribution in [0.5, 0.6) is 17.6 Å². The fraction of sp³-hybridized carbons (Fsp3) is 0.569. The minimum absolute atomic E-state index is 0.00510. The molecule has 5 aromatic rings. The van der Waals surface area contributed by atoms with Gasteiger partial charge < -0.3 is 23.5 Å². The summed E-state index contributed by atoms with van der Waals surface area (Å²) in [4.78, 5) is 19.4. The lowest BCUT2D eigenvalue weighted by atomic mass is 9.87. The second-order valence-electron chi connectivity index (χ2n) is 23.1. The molecule has 4 atom stereocenters. The molecule has 3 aliphatic heterocycles. The van der Waals surface area contributed by atoms with Gasteiger partial charge in [0.1, 0.15) is 61.4 Å². The van der Waals surface area contributed by atoms with Gasteiger partial charge in [-0.1, -0.05) is 125 Å². The second-order valence-corrected chi connectivity index (χ2v) is 34.0. The molecular formula is C58H76F3N5O4Si2. The molecule has 0 radical (unpaired) electrons. The fourth-order valence-corrected chi connectivity index (χ4v) is 24.1. The first kappa shape index (κ1) is 52.2. The molecule has 3 aromatic carbocycles. The Kier molecular flexibility index (Phi) is 14.9. The molecule has 0 unspecified atom stereocenters. The van der Waals surface area contributed by atoms with E-state index in [0.717, 1.165) is 37.8 Å². The van der Waals surface area contributed by atoms with Gasteiger partial charge in [-0.2, -0.15) is 9.97 Å². The number of pyridine rings is 1. The van der Waals surface area contributed by atoms with Crippen molar-refractivity contribution in [1.29, 1.82) is 0 Å². The van der Waals surface area contributed by atoms with Crippen molar-refractivity contribution in [2.24, 2.45) is 0 Å². The summed E-state index contributed by atoms with van der Waals surface area (Å²) in [5, 5.41) is 1.45. The van der Waals surface area contributed by atoms with Crippen LogP contribution >= 0.6 is 0 Å². The first-order chi connectivity index (χ1) is 34.3. The number of halogens is 3. The summed E-state index contributed by atoms with van der Waals surface area (Å²) in [5.41, 5.74) is 6.46. The molecule has 0 spiro atoms. The minimum Gasteiger partial charge on any atom is -0.543 e. The Morgan fingerprint density at radius 2 is 1.53 bits per heavy atom. The number of benzene rings is 3. The van der Waals surface area contributed by atoms with E-state index in [0.29, 0.717) is 76.0 Å². The number of fused-ring (bicyclic) bond motifs is 2. The van der Waals surface area contributed by atoms with Crippen LogP contribution in [0.25, 0.3) is 32.9 Å². The summed E-state index contributed by atoms with van der Waals surface area (Å²) < 4.78 is 77.6. The Morgan fingerprint density at radius 3 is 2.18 bits per heavy atom. The lowest BCUT2D eigenvalue weighted by Gasteiger charge is -2.44. The van der Waals surface area contributed by atoms with Gasteiger partial charge in [0.05, 0.1) is 36.4 Å². The molecule has 9 rings (SSSR count). The highest BCUT2D eigenvalue weighted by molar-refractivity contribution is 6.90. The van der Waals surface area contributed by atoms with Gasteiger partial charge >= 0.3 is 6.01 Å². The summed E-state index contributed by atoms with van der Waals surface area (Å²) in [6, 6.07) is 17.0. The molecule has 2 saturated heterocycles. The highest BCUT2D eigenvalue weighted by Crippen LogP contribution is 2.49. The number of anilines is 1. The van der Waals surface area contributed by atoms with Crippen molar-refractivity contribution in [3.8, 4) is 40.4 Å². The molecule has 2 aromatic heterocycles. The van der Waals surface area contributed by atoms with Crippen LogP contribution in [0.15, 0.2) is 54.6 Å². The van der Waals surface area contributed by atoms with Crippen LogP contribution in [0.3, 0.4) is 0 Å². The normalized spacial score (nSPS) is 21.5. The number of alkyl halides is 1. The van der Waals surface area contributed by atoms with Crippen LogP contribution in [0.2, 0.25) is 33.2 Å². The van der Waals surface area contributed by atoms with E-state index in [4.69, 9.17) is 33.6 Å². The first-order valence-electron chi connectivity index (χ1n) is 26.8. The maximum atomic E-state index is 18.6. The van der Waals surface area contributed by atoms with Crippen LogP contribution < -0.4 is 18.8 Å². The topological polar surface area (TPSA) is 82.1 Å². The molecule has 1 aliphatic carbocycles. The molecule has 0 N–H and O–H groups in total. The molecule has 9 nitrogen and oxygen atoms in total. The molecule has 5 heterocycles. The van der Waals surface area contributed by atoms with E-state index in [2.05, 4.69) is 116 Å². The molecule has 72 heavy (non-hydrogen) atoms. The standard InChI is InChI=1S/C58H76F3N5O4Si2/c1-35(2)71(36(3)4,37(5)6)28-23-45-47(60)20-19-42-29-44(70-72(38(7)8,39(9)10)40(11)12)30-46(50(42)45)53-52(61)54-51-55(64-57(63-54)69-34-58-24-16-25-65(58)32-43(59)31-58)66(26-27-67-56(51)62-53)48-21-22-49(48)68-33-41-17-14-13-15-18-41/h13-15,17-20,29-30,35-40,43,48-49H,16,21-22,24-27,31-34H2,1-12H3/t43-,48-,49-,58+/m1/s1. The Morgan fingerprint density at radius 1 is 0.819 bits per heavy atom. The van der Waals surface area contributed by atoms with Crippen molar-refractivity contribution in [2.45, 2.75) is 179 Å². The highest BCUT2D eigenvalue weighted by Gasteiger charge is 2.50. The molecule has 1 saturated carbocycles. The zero-order valence-electron chi connectivity index (χ0n) is 44.7. The van der Waals surface area contributed by atoms with Crippen LogP contribution in [0.4, 0.5) is 19.0 Å². The maximum Gasteiger partial charge on any atom is 0.319 e. The van der Waals surface area contributed by atoms with Gasteiger partial charge in [-0.25, -0.2) is 18.2 Å². The van der Waals surface area contributed by atoms with Crippen molar-refractivity contribution in [2.75, 3.05) is 37.7 Å². The van der Waals surface area contributed by atoms with E-state index in [9.17, 15) is 0 Å². The number of rotatable bonds is 16. The summed E-state index contributed by atoms with van der Waals surface area (Å²) >= 11 is 0. The monoisotopic (exact) mass is 1020 g/mol. The van der Waals surface area contributed by atoms with E-state index in [1.165, 1.54) is 6.07 Å². The van der Waals surface area contributed by atoms with Crippen molar-refractivity contribution >= 4 is 43.9 Å². The second kappa shape index (κ2) is 20.6. The van der Waals surface area contributed by atoms with Gasteiger partial charge in [0.25, 0.3) is 8.32 Å². The van der Waals surface area contributed by atoms with Crippen LogP contribution in [-0.4, -0.2) is 92.9 Å². The average Bonchev–Trinajstić information content (AvgIpc) is 3.79. The number of nitrogens with zero attached hydrogens (tertiary/aromatic N) is 5. The summed E-state index contributed by atoms with van der Waals surface area (Å²) in [5.74, 6) is 3.43. The van der Waals surface area contributed by atoms with Crippen LogP contribution in [0, 0.1) is 23.1 Å². The number of hydrogen-bond acceptors (Lipinski definition) is 9. The third-order valence-corrected chi connectivity index (χ3v) is 29.5. The summed E-state index contributed by atoms with van der Waals surface area (Å²) in [6.45, 7) is 29.2. The Balaban J connectivity index is 1.27. The third kappa shape index (κ3) is 9.21. The van der Waals surface area contributed by atoms with E-state index in [-0.39, 0.29) is 70.6 Å². The Bertz CT molecular complexity index is 2810. The summed E-state index contributed by atoms with van der Waals surface area (Å²) in [6.07, 6.45) is 2.71. The number of aromatic nitrogens is 3. The molecule has 4 aliphatic rings. The van der Waals surface area contributed by atoms with E-state index in [1.807, 2.05) is 30.3 Å². The fourth-order valence-electron chi connectivity index (χ4n) is 13.7. The third-order valence-electron chi connectivity index (χ3n) is 17.2. The van der Waals surface area contributed by atoms with Gasteiger partial charge in [0.2, 0.25) is 5.88 Å². The predicted molar refractivity (Wildman–Crippen MR) is 289 cm³/mol. The van der Waals surface area contributed by atoms with Crippen molar-refractivity contribution in [1.82, 2.24) is 19.9 Å². The van der Waals surface area contributed by atoms with Gasteiger partial charge in [-0.05, 0) is 94.6 Å². The lowest BCUT2D eigenvalue weighted by Crippen LogP contribution is -2.53. The molecule has 0 amide bonds. The largest absolute Gasteiger partial charge is 0.543 e. The molecule has 3 fully saturated rings. The SMILES string of the molecule is CC(C)[Si](C#Cc1c(F)ccc2cc(O[Si](C(C)C)(C(C)C)C(C)C)cc(-c3nc4c5c(nc(OC[C@@]67CCCN6C[C@H](F)C7)nc5c3F)N([C@@H]3CC[C@H]3OCc3ccccc3)CCO4)c12)(C(C)C)C(C)C. The first-order valence-corrected chi connectivity index (χ1v) is 31.1. The van der Waals surface area contributed by atoms with Crippen LogP contribution in [-0.2, 0) is 11.3 Å². The molecular weight excluding hydrogens is 944 g/mol. The summed E-state index contributed by atoms with van der Waals surface area (Å²) in [7, 11) is -4.94. The van der Waals surface area contributed by atoms with E-state index < -0.39 is 39.7 Å². The zero-order chi connectivity index (χ0) is 51.4. The molecule has 386 valence electrons. The Hall–Kier alpha value is -4.69. The average molecular weight is 1020 g/mol. The minimum atomic E-state index is -2.57. The van der Waals surface area contributed by atoms with Crippen molar-refractivity contribution in [3.63, 3.8) is 0 Å². The zero-order valence-corrected chi connectivity index (χ0v) is 46.7. The van der Waals surface area contributed by atoms with Crippen molar-refractivity contribution in [3.05, 3.63) is 77.4 Å². The van der Waals surface area contributed by atoms with E-state index in [1.54, 1.807) is 6.07 Å². The highest BCUT2D eigenvalue weighted by atomic mass is 28.4. The van der Waals surface area contributed by atoms with Gasteiger partial charge in [-0.3, -0.25) is 4.90 Å². The van der Waals surface area contributed by atoms with Gasteiger partial charge in [-0.15, -0.1) is 5.54 Å². The van der Waals surface area contributed by atoms with Crippen LogP contribution in [0.1, 0.15) is 126 Å². The smallest absolute Gasteiger partial charge is 0.319 e. The maximum absolute atomic E-state index is 18.6. The molecule has 14 heteroatoms. The Labute approximate surface area is 428 Å².